The van der Waals surface area contributed by atoms with Crippen molar-refractivity contribution in [1.82, 2.24) is 10.2 Å². The number of nitrogens with zero attached hydrogens (tertiary/aromatic N) is 1. The van der Waals surface area contributed by atoms with Crippen molar-refractivity contribution in [3.8, 4) is 0 Å². The van der Waals surface area contributed by atoms with Crippen LogP contribution in [0.3, 0.4) is 0 Å². The largest absolute Gasteiger partial charge is 0.480 e. The molecule has 118 valence electrons. The number of benzene rings is 1. The van der Waals surface area contributed by atoms with Crippen molar-refractivity contribution in [2.24, 2.45) is 0 Å². The monoisotopic (exact) mass is 308 g/mol. The van der Waals surface area contributed by atoms with Gasteiger partial charge in [0.05, 0.1) is 6.54 Å². The Bertz CT molecular complexity index is 601. The highest BCUT2D eigenvalue weighted by Gasteiger charge is 2.38. The molecule has 1 atom stereocenters. The molecule has 0 aliphatic heterocycles. The fourth-order valence-corrected chi connectivity index (χ4v) is 2.19. The topological polar surface area (TPSA) is 86.7 Å². The average Bonchev–Trinajstić information content (AvgIpc) is 3.29. The first-order valence-corrected chi connectivity index (χ1v) is 6.98. The summed E-state index contributed by atoms with van der Waals surface area (Å²) in [4.78, 5) is 36.3. The highest BCUT2D eigenvalue weighted by Crippen LogP contribution is 2.28. The van der Waals surface area contributed by atoms with E-state index in [-0.39, 0.29) is 18.2 Å². The van der Waals surface area contributed by atoms with E-state index < -0.39 is 29.6 Å². The van der Waals surface area contributed by atoms with Crippen molar-refractivity contribution in [2.45, 2.75) is 31.8 Å². The number of nitrogens with one attached hydrogen (secondary N) is 1. The molecular weight excluding hydrogens is 291 g/mol. The Kier molecular flexibility index (Phi) is 4.75. The minimum absolute atomic E-state index is 0.0790. The summed E-state index contributed by atoms with van der Waals surface area (Å²) in [6.07, 6.45) is 1.53. The highest BCUT2D eigenvalue weighted by atomic mass is 19.1. The fraction of sp³-hybridized carbons (Fsp3) is 0.400. The van der Waals surface area contributed by atoms with E-state index in [0.717, 1.165) is 18.9 Å². The van der Waals surface area contributed by atoms with E-state index in [2.05, 4.69) is 5.32 Å². The first kappa shape index (κ1) is 15.9. The second-order valence-corrected chi connectivity index (χ2v) is 5.24. The Morgan fingerprint density at radius 1 is 1.41 bits per heavy atom. The number of rotatable bonds is 6. The van der Waals surface area contributed by atoms with Crippen molar-refractivity contribution in [3.05, 3.63) is 35.6 Å². The smallest absolute Gasteiger partial charge is 0.326 e. The van der Waals surface area contributed by atoms with Crippen LogP contribution in [-0.2, 0) is 9.59 Å². The van der Waals surface area contributed by atoms with Crippen molar-refractivity contribution in [1.29, 1.82) is 0 Å². The van der Waals surface area contributed by atoms with Gasteiger partial charge in [-0.15, -0.1) is 0 Å². The second-order valence-electron chi connectivity index (χ2n) is 5.24. The number of carboxylic acid groups (broad SMARTS) is 1. The molecule has 2 N–H and O–H groups in total. The normalized spacial score (nSPS) is 15.0. The maximum Gasteiger partial charge on any atom is 0.326 e. The lowest BCUT2D eigenvalue weighted by molar-refractivity contribution is -0.149. The molecule has 2 amide bonds. The average molecular weight is 308 g/mol. The summed E-state index contributed by atoms with van der Waals surface area (Å²) in [5.41, 5.74) is 0.108. The molecule has 1 saturated carbocycles. The van der Waals surface area contributed by atoms with Gasteiger partial charge in [0, 0.05) is 11.6 Å². The lowest BCUT2D eigenvalue weighted by Crippen LogP contribution is -2.48. The summed E-state index contributed by atoms with van der Waals surface area (Å²) in [5, 5.41) is 11.4. The SMILES string of the molecule is CC(C(=O)O)N(C(=O)CNC(=O)c1cccc(F)c1)C1CC1. The quantitative estimate of drug-likeness (QED) is 0.821. The summed E-state index contributed by atoms with van der Waals surface area (Å²) in [7, 11) is 0. The summed E-state index contributed by atoms with van der Waals surface area (Å²) < 4.78 is 13.0. The van der Waals surface area contributed by atoms with E-state index in [0.29, 0.717) is 0 Å². The molecule has 1 fully saturated rings. The zero-order valence-corrected chi connectivity index (χ0v) is 12.1. The molecule has 2 rings (SSSR count). The van der Waals surface area contributed by atoms with Gasteiger partial charge < -0.3 is 15.3 Å². The Hall–Kier alpha value is -2.44. The second kappa shape index (κ2) is 6.55. The summed E-state index contributed by atoms with van der Waals surface area (Å²) >= 11 is 0. The van der Waals surface area contributed by atoms with Gasteiger partial charge in [0.1, 0.15) is 11.9 Å². The lowest BCUT2D eigenvalue weighted by atomic mass is 10.2. The van der Waals surface area contributed by atoms with Gasteiger partial charge in [-0.3, -0.25) is 9.59 Å². The third-order valence-corrected chi connectivity index (χ3v) is 3.49. The van der Waals surface area contributed by atoms with Gasteiger partial charge in [-0.1, -0.05) is 6.07 Å². The van der Waals surface area contributed by atoms with Crippen molar-refractivity contribution in [3.63, 3.8) is 0 Å². The van der Waals surface area contributed by atoms with Crippen LogP contribution in [-0.4, -0.2) is 46.4 Å². The third kappa shape index (κ3) is 3.81. The van der Waals surface area contributed by atoms with Gasteiger partial charge >= 0.3 is 5.97 Å². The molecule has 0 saturated heterocycles. The van der Waals surface area contributed by atoms with Gasteiger partial charge in [-0.05, 0) is 38.0 Å². The van der Waals surface area contributed by atoms with Crippen LogP contribution in [0.1, 0.15) is 30.1 Å². The van der Waals surface area contributed by atoms with Crippen LogP contribution in [0.5, 0.6) is 0 Å². The Balaban J connectivity index is 1.96. The molecular formula is C15H17FN2O4. The third-order valence-electron chi connectivity index (χ3n) is 3.49. The number of hydrogen-bond acceptors (Lipinski definition) is 3. The highest BCUT2D eigenvalue weighted by molar-refractivity contribution is 5.96. The van der Waals surface area contributed by atoms with Crippen LogP contribution >= 0.6 is 0 Å². The number of carbonyl (C=O) groups excluding carboxylic acids is 2. The van der Waals surface area contributed by atoms with Gasteiger partial charge in [0.25, 0.3) is 5.91 Å². The fourth-order valence-electron chi connectivity index (χ4n) is 2.19. The van der Waals surface area contributed by atoms with Crippen molar-refractivity contribution in [2.75, 3.05) is 6.54 Å². The predicted molar refractivity (Wildman–Crippen MR) is 75.7 cm³/mol. The summed E-state index contributed by atoms with van der Waals surface area (Å²) in [6, 6.07) is 4.09. The molecule has 1 unspecified atom stereocenters. The summed E-state index contributed by atoms with van der Waals surface area (Å²) in [6.45, 7) is 1.12. The zero-order chi connectivity index (χ0) is 16.3. The maximum absolute atomic E-state index is 13.0. The standard InChI is InChI=1S/C15H17FN2O4/c1-9(15(21)22)18(12-5-6-12)13(19)8-17-14(20)10-3-2-4-11(16)7-10/h2-4,7,9,12H,5-6,8H2,1H3,(H,17,20)(H,21,22). The molecule has 0 heterocycles. The number of carbonyl (C=O) groups is 3. The predicted octanol–water partition coefficient (Wildman–Crippen LogP) is 1.02. The maximum atomic E-state index is 13.0. The molecule has 1 aromatic rings. The van der Waals surface area contributed by atoms with Gasteiger partial charge in [-0.2, -0.15) is 0 Å². The van der Waals surface area contributed by atoms with Crippen LogP contribution in [0.25, 0.3) is 0 Å². The number of amides is 2. The first-order valence-electron chi connectivity index (χ1n) is 6.98. The molecule has 0 bridgehead atoms. The molecule has 1 aliphatic rings. The molecule has 1 aliphatic carbocycles. The van der Waals surface area contributed by atoms with Gasteiger partial charge in [0.2, 0.25) is 5.91 Å². The number of aliphatic carboxylic acids is 1. The molecule has 7 heteroatoms. The van der Waals surface area contributed by atoms with Crippen LogP contribution in [0.15, 0.2) is 24.3 Å². The van der Waals surface area contributed by atoms with Crippen molar-refractivity contribution >= 4 is 17.8 Å². The molecule has 0 spiro atoms. The molecule has 0 radical (unpaired) electrons. The van der Waals surface area contributed by atoms with Gasteiger partial charge in [0.15, 0.2) is 0 Å². The van der Waals surface area contributed by atoms with E-state index in [9.17, 15) is 18.8 Å². The van der Waals surface area contributed by atoms with E-state index in [1.54, 1.807) is 0 Å². The molecule has 6 nitrogen and oxygen atoms in total. The number of halogens is 1. The van der Waals surface area contributed by atoms with E-state index in [4.69, 9.17) is 5.11 Å². The Labute approximate surface area is 126 Å². The van der Waals surface area contributed by atoms with Crippen LogP contribution in [0, 0.1) is 5.82 Å². The lowest BCUT2D eigenvalue weighted by Gasteiger charge is -2.26. The van der Waals surface area contributed by atoms with Crippen LogP contribution in [0.2, 0.25) is 0 Å². The van der Waals surface area contributed by atoms with Crippen LogP contribution in [0.4, 0.5) is 4.39 Å². The number of carboxylic acids is 1. The van der Waals surface area contributed by atoms with Crippen LogP contribution < -0.4 is 5.32 Å². The van der Waals surface area contributed by atoms with E-state index >= 15 is 0 Å². The Morgan fingerprint density at radius 2 is 2.09 bits per heavy atom. The first-order chi connectivity index (χ1) is 10.4. The minimum Gasteiger partial charge on any atom is -0.480 e. The number of hydrogen-bond donors (Lipinski definition) is 2. The van der Waals surface area contributed by atoms with E-state index in [1.807, 2.05) is 0 Å². The molecule has 0 aromatic heterocycles. The van der Waals surface area contributed by atoms with Gasteiger partial charge in [-0.25, -0.2) is 9.18 Å². The van der Waals surface area contributed by atoms with E-state index in [1.165, 1.54) is 30.0 Å². The molecule has 1 aromatic carbocycles. The zero-order valence-electron chi connectivity index (χ0n) is 12.1. The van der Waals surface area contributed by atoms with Crippen molar-refractivity contribution < 1.29 is 23.9 Å². The molecule has 22 heavy (non-hydrogen) atoms. The summed E-state index contributed by atoms with van der Waals surface area (Å²) in [5.74, 6) is -2.66. The minimum atomic E-state index is -1.09. The Morgan fingerprint density at radius 3 is 2.64 bits per heavy atom.